The first kappa shape index (κ1) is 17.1. The third-order valence-electron chi connectivity index (χ3n) is 4.07. The quantitative estimate of drug-likeness (QED) is 0.201. The lowest BCUT2D eigenvalue weighted by Gasteiger charge is -2.08. The van der Waals surface area contributed by atoms with Crippen LogP contribution in [0.15, 0.2) is 84.9 Å². The Bertz CT molecular complexity index is 933. The lowest BCUT2D eigenvalue weighted by molar-refractivity contribution is 0.392. The predicted molar refractivity (Wildman–Crippen MR) is 114 cm³/mol. The van der Waals surface area contributed by atoms with E-state index in [-0.39, 0.29) is 0 Å². The highest BCUT2D eigenvalue weighted by atomic mass is 33.1. The van der Waals surface area contributed by atoms with Crippen molar-refractivity contribution < 1.29 is 9.47 Å². The van der Waals surface area contributed by atoms with E-state index in [2.05, 4.69) is 48.5 Å². The fourth-order valence-electron chi connectivity index (χ4n) is 2.77. The van der Waals surface area contributed by atoms with E-state index in [4.69, 9.17) is 9.47 Å². The number of benzene rings is 4. The Morgan fingerprint density at radius 3 is 1.38 bits per heavy atom. The van der Waals surface area contributed by atoms with Gasteiger partial charge in [-0.1, -0.05) is 60.7 Å². The zero-order chi connectivity index (χ0) is 17.6. The van der Waals surface area contributed by atoms with Crippen LogP contribution in [0.2, 0.25) is 0 Å². The van der Waals surface area contributed by atoms with Crippen molar-refractivity contribution in [2.24, 2.45) is 0 Å². The fourth-order valence-corrected chi connectivity index (χ4v) is 3.97. The summed E-state index contributed by atoms with van der Waals surface area (Å²) >= 11 is 0. The van der Waals surface area contributed by atoms with Crippen LogP contribution in [0.4, 0.5) is 0 Å². The molecule has 0 unspecified atom stereocenters. The van der Waals surface area contributed by atoms with Gasteiger partial charge in [-0.3, -0.25) is 0 Å². The lowest BCUT2D eigenvalue weighted by atomic mass is 10.1. The van der Waals surface area contributed by atoms with Gasteiger partial charge < -0.3 is 9.47 Å². The molecule has 0 bridgehead atoms. The maximum absolute atomic E-state index is 5.81. The molecule has 130 valence electrons. The number of hydrogen-bond donors (Lipinski definition) is 0. The van der Waals surface area contributed by atoms with Crippen molar-refractivity contribution in [3.63, 3.8) is 0 Å². The molecule has 0 N–H and O–H groups in total. The number of ether oxygens (including phenoxy) is 2. The minimum absolute atomic E-state index is 0.587. The van der Waals surface area contributed by atoms with Crippen LogP contribution in [-0.4, -0.2) is 11.9 Å². The summed E-state index contributed by atoms with van der Waals surface area (Å²) < 4.78 is 11.6. The van der Waals surface area contributed by atoms with Crippen molar-refractivity contribution in [2.75, 3.05) is 11.9 Å². The van der Waals surface area contributed by atoms with Crippen molar-refractivity contribution in [2.45, 2.75) is 0 Å². The molecule has 0 radical (unpaired) electrons. The van der Waals surface area contributed by atoms with Crippen molar-refractivity contribution in [3.05, 3.63) is 84.9 Å². The van der Waals surface area contributed by atoms with Gasteiger partial charge in [0.2, 0.25) is 0 Å². The van der Waals surface area contributed by atoms with Gasteiger partial charge in [0, 0.05) is 0 Å². The second-order valence-corrected chi connectivity index (χ2v) is 8.14. The topological polar surface area (TPSA) is 18.5 Å². The van der Waals surface area contributed by atoms with Crippen LogP contribution in [0.25, 0.3) is 21.5 Å². The normalized spacial score (nSPS) is 10.9. The highest BCUT2D eigenvalue weighted by Crippen LogP contribution is 2.27. The van der Waals surface area contributed by atoms with Gasteiger partial charge in [-0.25, -0.2) is 0 Å². The van der Waals surface area contributed by atoms with Gasteiger partial charge in [0.1, 0.15) is 23.4 Å². The summed E-state index contributed by atoms with van der Waals surface area (Å²) in [6.07, 6.45) is 0. The van der Waals surface area contributed by atoms with Crippen LogP contribution in [0.3, 0.4) is 0 Å². The Kier molecular flexibility index (Phi) is 5.53. The molecule has 0 saturated heterocycles. The van der Waals surface area contributed by atoms with Crippen molar-refractivity contribution in [3.8, 4) is 11.5 Å². The molecule has 0 aliphatic heterocycles. The molecular formula is C22H18O2S2. The standard InChI is InChI=1S/C22H18O2S2/c1-3-7-19-13-21(11-9-17(19)5-1)23-15-25-26-16-24-22-12-10-18-6-2-4-8-20(18)14-22/h1-14H,15-16H2. The Labute approximate surface area is 160 Å². The number of hydrogen-bond acceptors (Lipinski definition) is 4. The molecule has 0 spiro atoms. The van der Waals surface area contributed by atoms with E-state index in [1.54, 1.807) is 21.6 Å². The molecule has 0 aromatic heterocycles. The molecule has 0 aliphatic carbocycles. The third-order valence-corrected chi connectivity index (χ3v) is 5.74. The van der Waals surface area contributed by atoms with Crippen LogP contribution in [0.1, 0.15) is 0 Å². The SMILES string of the molecule is c1ccc2cc(OCSSCOc3ccc4ccccc4c3)ccc2c1. The molecule has 0 atom stereocenters. The molecule has 26 heavy (non-hydrogen) atoms. The maximum Gasteiger partial charge on any atom is 0.144 e. The first-order valence-corrected chi connectivity index (χ1v) is 10.8. The molecule has 4 rings (SSSR count). The summed E-state index contributed by atoms with van der Waals surface area (Å²) in [5.41, 5.74) is 0. The molecule has 0 saturated carbocycles. The molecule has 4 aromatic carbocycles. The molecule has 0 fully saturated rings. The van der Waals surface area contributed by atoms with E-state index in [0.717, 1.165) is 11.5 Å². The second-order valence-electron chi connectivity index (χ2n) is 5.78. The summed E-state index contributed by atoms with van der Waals surface area (Å²) in [5.74, 6) is 2.97. The Morgan fingerprint density at radius 2 is 0.923 bits per heavy atom. The second kappa shape index (κ2) is 8.39. The van der Waals surface area contributed by atoms with Gasteiger partial charge in [-0.2, -0.15) is 0 Å². The third kappa shape index (κ3) is 4.26. The van der Waals surface area contributed by atoms with Gasteiger partial charge in [-0.15, -0.1) is 0 Å². The zero-order valence-electron chi connectivity index (χ0n) is 14.1. The molecule has 2 nitrogen and oxygen atoms in total. The molecule has 0 amide bonds. The molecule has 0 aliphatic rings. The van der Waals surface area contributed by atoms with Gasteiger partial charge in [-0.05, 0) is 67.4 Å². The molecular weight excluding hydrogens is 360 g/mol. The van der Waals surface area contributed by atoms with Gasteiger partial charge in [0.15, 0.2) is 0 Å². The van der Waals surface area contributed by atoms with Crippen LogP contribution >= 0.6 is 21.6 Å². The average Bonchev–Trinajstić information content (AvgIpc) is 2.70. The van der Waals surface area contributed by atoms with E-state index in [9.17, 15) is 0 Å². The van der Waals surface area contributed by atoms with Gasteiger partial charge in [0.05, 0.1) is 0 Å². The van der Waals surface area contributed by atoms with Gasteiger partial charge in [0.25, 0.3) is 0 Å². The van der Waals surface area contributed by atoms with Crippen molar-refractivity contribution >= 4 is 43.1 Å². The fraction of sp³-hybridized carbons (Fsp3) is 0.0909. The minimum atomic E-state index is 0.587. The van der Waals surface area contributed by atoms with Crippen LogP contribution in [0.5, 0.6) is 11.5 Å². The monoisotopic (exact) mass is 378 g/mol. The highest BCUT2D eigenvalue weighted by molar-refractivity contribution is 8.76. The van der Waals surface area contributed by atoms with Gasteiger partial charge >= 0.3 is 0 Å². The maximum atomic E-state index is 5.81. The van der Waals surface area contributed by atoms with Crippen LogP contribution in [-0.2, 0) is 0 Å². The van der Waals surface area contributed by atoms with E-state index in [1.165, 1.54) is 21.5 Å². The Morgan fingerprint density at radius 1 is 0.500 bits per heavy atom. The summed E-state index contributed by atoms with van der Waals surface area (Å²) in [4.78, 5) is 0. The number of rotatable bonds is 7. The summed E-state index contributed by atoms with van der Waals surface area (Å²) in [7, 11) is 3.29. The smallest absolute Gasteiger partial charge is 0.144 e. The Hall–Kier alpha value is -2.30. The van der Waals surface area contributed by atoms with E-state index in [0.29, 0.717) is 11.9 Å². The largest absolute Gasteiger partial charge is 0.482 e. The van der Waals surface area contributed by atoms with Crippen molar-refractivity contribution in [1.82, 2.24) is 0 Å². The Balaban J connectivity index is 1.22. The first-order chi connectivity index (χ1) is 12.9. The van der Waals surface area contributed by atoms with E-state index >= 15 is 0 Å². The average molecular weight is 379 g/mol. The van der Waals surface area contributed by atoms with E-state index < -0.39 is 0 Å². The predicted octanol–water partition coefficient (Wildman–Crippen LogP) is 6.75. The van der Waals surface area contributed by atoms with Crippen LogP contribution < -0.4 is 9.47 Å². The van der Waals surface area contributed by atoms with Crippen molar-refractivity contribution in [1.29, 1.82) is 0 Å². The summed E-state index contributed by atoms with van der Waals surface area (Å²) in [5, 5.41) is 4.85. The lowest BCUT2D eigenvalue weighted by Crippen LogP contribution is -1.94. The summed E-state index contributed by atoms with van der Waals surface area (Å²) in [6, 6.07) is 28.9. The van der Waals surface area contributed by atoms with E-state index in [1.807, 2.05) is 36.4 Å². The molecule has 0 heterocycles. The van der Waals surface area contributed by atoms with Crippen LogP contribution in [0, 0.1) is 0 Å². The molecule has 4 aromatic rings. The zero-order valence-corrected chi connectivity index (χ0v) is 15.8. The minimum Gasteiger partial charge on any atom is -0.482 e. The highest BCUT2D eigenvalue weighted by Gasteiger charge is 2.00. The molecule has 4 heteroatoms. The first-order valence-electron chi connectivity index (χ1n) is 8.36. The summed E-state index contributed by atoms with van der Waals surface area (Å²) in [6.45, 7) is 0. The number of fused-ring (bicyclic) bond motifs is 2.